The van der Waals surface area contributed by atoms with E-state index in [1.807, 2.05) is 0 Å². The maximum atomic E-state index is 10.7. The van der Waals surface area contributed by atoms with E-state index in [0.717, 1.165) is 0 Å². The summed E-state index contributed by atoms with van der Waals surface area (Å²) < 4.78 is 0. The maximum absolute atomic E-state index is 10.7. The number of halogens is 1. The van der Waals surface area contributed by atoms with Gasteiger partial charge in [-0.2, -0.15) is 0 Å². The monoisotopic (exact) mass is 214 g/mol. The highest BCUT2D eigenvalue weighted by atomic mass is 35.5. The molecular formula is C9H11ClN2O2. The van der Waals surface area contributed by atoms with E-state index in [0.29, 0.717) is 11.4 Å². The number of anilines is 1. The minimum absolute atomic E-state index is 0.126. The molecule has 1 aromatic rings. The molecule has 0 aliphatic carbocycles. The number of carbonyl (C=O) groups excluding carboxylic acids is 1. The Labute approximate surface area is 86.9 Å². The van der Waals surface area contributed by atoms with E-state index < -0.39 is 6.10 Å². The molecule has 0 saturated carbocycles. The molecule has 0 spiro atoms. The molecular weight excluding hydrogens is 204 g/mol. The van der Waals surface area contributed by atoms with Crippen LogP contribution in [0.25, 0.3) is 0 Å². The van der Waals surface area contributed by atoms with Gasteiger partial charge in [0, 0.05) is 18.7 Å². The Morgan fingerprint density at radius 2 is 2.43 bits per heavy atom. The number of hydrogen-bond acceptors (Lipinski definition) is 3. The molecule has 0 aliphatic heterocycles. The predicted octanol–water partition coefficient (Wildman–Crippen LogP) is 1.31. The van der Waals surface area contributed by atoms with Crippen LogP contribution in [-0.2, 0) is 4.79 Å². The maximum Gasteiger partial charge on any atom is 0.222 e. The molecule has 0 radical (unpaired) electrons. The summed E-state index contributed by atoms with van der Waals surface area (Å²) in [6.07, 6.45) is 0.772. The van der Waals surface area contributed by atoms with Gasteiger partial charge in [-0.05, 0) is 6.07 Å². The number of pyridine rings is 1. The van der Waals surface area contributed by atoms with Crippen molar-refractivity contribution in [1.82, 2.24) is 4.98 Å². The summed E-state index contributed by atoms with van der Waals surface area (Å²) in [5.41, 5.74) is 0.633. The third-order valence-electron chi connectivity index (χ3n) is 1.62. The smallest absolute Gasteiger partial charge is 0.222 e. The Bertz CT molecular complexity index is 313. The van der Waals surface area contributed by atoms with Crippen molar-refractivity contribution < 1.29 is 9.90 Å². The summed E-state index contributed by atoms with van der Waals surface area (Å²) in [5.74, 6) is 0.410. The number of nitrogens with one attached hydrogen (secondary N) is 1. The Morgan fingerprint density at radius 3 is 2.86 bits per heavy atom. The van der Waals surface area contributed by atoms with Gasteiger partial charge in [0.15, 0.2) is 0 Å². The zero-order valence-corrected chi connectivity index (χ0v) is 8.45. The number of aliphatic hydroxyl groups excluding tert-OH is 1. The molecule has 1 unspecified atom stereocenters. The van der Waals surface area contributed by atoms with Gasteiger partial charge in [0.2, 0.25) is 5.91 Å². The zero-order valence-electron chi connectivity index (χ0n) is 7.70. The lowest BCUT2D eigenvalue weighted by molar-refractivity contribution is -0.114. The summed E-state index contributed by atoms with van der Waals surface area (Å²) >= 11 is 5.46. The standard InChI is InChI=1S/C9H11ClN2O2/c1-6(13)12-9-3-2-7(5-11-9)8(14)4-10/h2-3,5,8,14H,4H2,1H3,(H,11,12,13). The van der Waals surface area contributed by atoms with Crippen molar-refractivity contribution in [2.24, 2.45) is 0 Å². The van der Waals surface area contributed by atoms with Crippen LogP contribution in [0, 0.1) is 0 Å². The molecule has 0 fully saturated rings. The third-order valence-corrected chi connectivity index (χ3v) is 1.91. The van der Waals surface area contributed by atoms with Gasteiger partial charge in [-0.25, -0.2) is 4.98 Å². The fourth-order valence-corrected chi connectivity index (χ4v) is 1.12. The van der Waals surface area contributed by atoms with Gasteiger partial charge in [0.05, 0.1) is 12.0 Å². The second kappa shape index (κ2) is 4.93. The van der Waals surface area contributed by atoms with Crippen LogP contribution in [0.2, 0.25) is 0 Å². The molecule has 1 aromatic heterocycles. The molecule has 1 amide bonds. The second-order valence-corrected chi connectivity index (χ2v) is 3.14. The highest BCUT2D eigenvalue weighted by Gasteiger charge is 2.06. The molecule has 0 bridgehead atoms. The van der Waals surface area contributed by atoms with Crippen LogP contribution >= 0.6 is 11.6 Å². The topological polar surface area (TPSA) is 62.2 Å². The molecule has 1 atom stereocenters. The average Bonchev–Trinajstić information content (AvgIpc) is 2.17. The van der Waals surface area contributed by atoms with Crippen molar-refractivity contribution >= 4 is 23.3 Å². The van der Waals surface area contributed by atoms with Gasteiger partial charge >= 0.3 is 0 Å². The van der Waals surface area contributed by atoms with E-state index in [1.165, 1.54) is 13.1 Å². The second-order valence-electron chi connectivity index (χ2n) is 2.83. The highest BCUT2D eigenvalue weighted by Crippen LogP contribution is 2.14. The molecule has 0 aliphatic rings. The van der Waals surface area contributed by atoms with Crippen molar-refractivity contribution in [3.05, 3.63) is 23.9 Å². The number of hydrogen-bond donors (Lipinski definition) is 2. The molecule has 0 saturated heterocycles. The van der Waals surface area contributed by atoms with Crippen LogP contribution in [0.4, 0.5) is 5.82 Å². The minimum atomic E-state index is -0.712. The molecule has 0 aromatic carbocycles. The summed E-state index contributed by atoms with van der Waals surface area (Å²) in [6, 6.07) is 3.29. The minimum Gasteiger partial charge on any atom is -0.387 e. The van der Waals surface area contributed by atoms with Crippen molar-refractivity contribution in [1.29, 1.82) is 0 Å². The molecule has 4 nitrogen and oxygen atoms in total. The van der Waals surface area contributed by atoms with Crippen molar-refractivity contribution in [2.45, 2.75) is 13.0 Å². The average molecular weight is 215 g/mol. The first-order valence-electron chi connectivity index (χ1n) is 4.11. The number of amides is 1. The number of alkyl halides is 1. The Kier molecular flexibility index (Phi) is 3.85. The summed E-state index contributed by atoms with van der Waals surface area (Å²) in [5, 5.41) is 11.9. The number of nitrogens with zero attached hydrogens (tertiary/aromatic N) is 1. The van der Waals surface area contributed by atoms with Crippen molar-refractivity contribution in [3.8, 4) is 0 Å². The van der Waals surface area contributed by atoms with Gasteiger partial charge < -0.3 is 10.4 Å². The fourth-order valence-electron chi connectivity index (χ4n) is 0.946. The van der Waals surface area contributed by atoms with Crippen LogP contribution in [0.1, 0.15) is 18.6 Å². The third kappa shape index (κ3) is 2.97. The first-order valence-corrected chi connectivity index (χ1v) is 4.64. The van der Waals surface area contributed by atoms with E-state index in [4.69, 9.17) is 11.6 Å². The summed E-state index contributed by atoms with van der Waals surface area (Å²) in [7, 11) is 0. The Morgan fingerprint density at radius 1 is 1.71 bits per heavy atom. The zero-order chi connectivity index (χ0) is 10.6. The van der Waals surface area contributed by atoms with Gasteiger partial charge in [0.1, 0.15) is 5.82 Å². The lowest BCUT2D eigenvalue weighted by atomic mass is 10.2. The first kappa shape index (κ1) is 10.9. The molecule has 1 rings (SSSR count). The van der Waals surface area contributed by atoms with E-state index >= 15 is 0 Å². The SMILES string of the molecule is CC(=O)Nc1ccc(C(O)CCl)cn1. The van der Waals surface area contributed by atoms with Crippen molar-refractivity contribution in [3.63, 3.8) is 0 Å². The van der Waals surface area contributed by atoms with Crippen LogP contribution in [-0.4, -0.2) is 21.9 Å². The van der Waals surface area contributed by atoms with Gasteiger partial charge in [-0.3, -0.25) is 4.79 Å². The van der Waals surface area contributed by atoms with Crippen molar-refractivity contribution in [2.75, 3.05) is 11.2 Å². The number of aliphatic hydroxyl groups is 1. The molecule has 76 valence electrons. The van der Waals surface area contributed by atoms with Gasteiger partial charge in [-0.15, -0.1) is 11.6 Å². The van der Waals surface area contributed by atoms with Crippen LogP contribution in [0.3, 0.4) is 0 Å². The van der Waals surface area contributed by atoms with Crippen LogP contribution in [0.15, 0.2) is 18.3 Å². The quantitative estimate of drug-likeness (QED) is 0.746. The first-order chi connectivity index (χ1) is 6.63. The Balaban J connectivity index is 2.73. The molecule has 1 heterocycles. The largest absolute Gasteiger partial charge is 0.387 e. The predicted molar refractivity (Wildman–Crippen MR) is 54.2 cm³/mol. The highest BCUT2D eigenvalue weighted by molar-refractivity contribution is 6.18. The normalized spacial score (nSPS) is 12.2. The van der Waals surface area contributed by atoms with Crippen LogP contribution in [0.5, 0.6) is 0 Å². The lowest BCUT2D eigenvalue weighted by Crippen LogP contribution is -2.08. The summed E-state index contributed by atoms with van der Waals surface area (Å²) in [4.78, 5) is 14.6. The van der Waals surface area contributed by atoms with E-state index in [9.17, 15) is 9.90 Å². The number of rotatable bonds is 3. The van der Waals surface area contributed by atoms with E-state index in [-0.39, 0.29) is 11.8 Å². The molecule has 2 N–H and O–H groups in total. The molecule has 5 heteroatoms. The van der Waals surface area contributed by atoms with Crippen LogP contribution < -0.4 is 5.32 Å². The number of aromatic nitrogens is 1. The Hall–Kier alpha value is -1.13. The van der Waals surface area contributed by atoms with E-state index in [1.54, 1.807) is 12.1 Å². The lowest BCUT2D eigenvalue weighted by Gasteiger charge is -2.07. The fraction of sp³-hybridized carbons (Fsp3) is 0.333. The van der Waals surface area contributed by atoms with Gasteiger partial charge in [-0.1, -0.05) is 6.07 Å². The van der Waals surface area contributed by atoms with Gasteiger partial charge in [0.25, 0.3) is 0 Å². The number of carbonyl (C=O) groups is 1. The summed E-state index contributed by atoms with van der Waals surface area (Å²) in [6.45, 7) is 1.41. The van der Waals surface area contributed by atoms with E-state index in [2.05, 4.69) is 10.3 Å². The molecule has 14 heavy (non-hydrogen) atoms.